The van der Waals surface area contributed by atoms with Crippen LogP contribution < -0.4 is 29.8 Å². The SMILES string of the molecule is COCC(COC)OCC(COC(COC)COC)Oc1ccc2c(c1)c(C(=O)Oc1c(C)cc(C(=O)NCCOCCOCCN)cc1C)c1cc(OC(COC(COC)COC)COC(COC)COC)ccc1[n+]2CCCS(=O)(=O)[O-]. The number of nitrogens with zero attached hydrogens (tertiary/aromatic N) is 1. The van der Waals surface area contributed by atoms with Gasteiger partial charge in [-0.1, -0.05) is 0 Å². The Kier molecular flexibility index (Phi) is 33.9. The second kappa shape index (κ2) is 39.8. The van der Waals surface area contributed by atoms with Crippen molar-refractivity contribution >= 4 is 43.8 Å². The number of fused-ring (bicyclic) bond motifs is 2. The zero-order chi connectivity index (χ0) is 61.3. The Balaban J connectivity index is 1.95. The number of ether oxygens (including phenoxy) is 17. The largest absolute Gasteiger partial charge is 0.748 e. The summed E-state index contributed by atoms with van der Waals surface area (Å²) in [7, 11) is 7.81. The van der Waals surface area contributed by atoms with Crippen molar-refractivity contribution in [1.82, 2.24) is 5.32 Å². The normalized spacial score (nSPS) is 12.2. The quantitative estimate of drug-likeness (QED) is 0.0160. The number of hydrogen-bond donors (Lipinski definition) is 2. The molecule has 0 saturated heterocycles. The van der Waals surface area contributed by atoms with Crippen LogP contribution in [0.15, 0.2) is 48.5 Å². The molecule has 0 spiro atoms. The van der Waals surface area contributed by atoms with E-state index in [1.165, 1.54) is 0 Å². The van der Waals surface area contributed by atoms with Gasteiger partial charge in [-0.2, -0.15) is 4.57 Å². The maximum absolute atomic E-state index is 15.5. The van der Waals surface area contributed by atoms with Gasteiger partial charge in [0.25, 0.3) is 5.91 Å². The number of hydrogen-bond acceptors (Lipinski definition) is 23. The standard InChI is InChI=1S/C58H89N3O22S/c1-40-24-42(57(62)60-17-20-76-22-21-75-19-16-59)25-41(2)56(40)83-58(63)55-51-26-43(81-49(36-77-45(28-67-3)29-68-4)37-78-46(30-69-5)31-70-6)12-14-53(51)61(18-11-23-84(64,65)66)54-15-13-44(27-52(54)55)82-50(38-79-47(32-71-7)33-72-8)39-80-48(34-73-9)35-74-10/h12-15,24-27,45-50H,11,16-23,28-39,59H2,1-10H3,(H-,60,62,64,65,66). The lowest BCUT2D eigenvalue weighted by Crippen LogP contribution is -2.38. The molecule has 84 heavy (non-hydrogen) atoms. The van der Waals surface area contributed by atoms with E-state index in [4.69, 9.17) is 86.3 Å². The van der Waals surface area contributed by atoms with E-state index >= 15 is 4.79 Å². The molecule has 0 radical (unpaired) electrons. The highest BCUT2D eigenvalue weighted by Gasteiger charge is 2.30. The van der Waals surface area contributed by atoms with Crippen LogP contribution in [0.1, 0.15) is 38.3 Å². The molecule has 474 valence electrons. The second-order valence-electron chi connectivity index (χ2n) is 19.5. The van der Waals surface area contributed by atoms with E-state index in [-0.39, 0.29) is 134 Å². The van der Waals surface area contributed by atoms with Gasteiger partial charge in [-0.15, -0.1) is 0 Å². The minimum absolute atomic E-state index is 0.00839. The molecule has 0 saturated carbocycles. The summed E-state index contributed by atoms with van der Waals surface area (Å²) in [5, 5.41) is 3.49. The van der Waals surface area contributed by atoms with Crippen molar-refractivity contribution in [3.8, 4) is 17.2 Å². The molecule has 3 aromatic carbocycles. The van der Waals surface area contributed by atoms with Crippen LogP contribution >= 0.6 is 0 Å². The third-order valence-corrected chi connectivity index (χ3v) is 13.4. The molecule has 0 atom stereocenters. The predicted octanol–water partition coefficient (Wildman–Crippen LogP) is 2.98. The smallest absolute Gasteiger partial charge is 0.345 e. The van der Waals surface area contributed by atoms with Gasteiger partial charge in [0.2, 0.25) is 11.0 Å². The van der Waals surface area contributed by atoms with Gasteiger partial charge in [0.05, 0.1) is 132 Å². The van der Waals surface area contributed by atoms with Crippen molar-refractivity contribution in [3.63, 3.8) is 0 Å². The van der Waals surface area contributed by atoms with Crippen LogP contribution in [-0.2, 0) is 83.0 Å². The van der Waals surface area contributed by atoms with E-state index in [0.717, 1.165) is 0 Å². The molecule has 25 nitrogen and oxygen atoms in total. The molecule has 26 heteroatoms. The first-order valence-corrected chi connectivity index (χ1v) is 29.2. The lowest BCUT2D eigenvalue weighted by Gasteiger charge is -2.25. The zero-order valence-electron chi connectivity index (χ0n) is 50.3. The average molecular weight is 1210 g/mol. The number of esters is 1. The Morgan fingerprint density at radius 1 is 0.548 bits per heavy atom. The number of pyridine rings is 1. The summed E-state index contributed by atoms with van der Waals surface area (Å²) < 4.78 is 137. The molecule has 0 bridgehead atoms. The predicted molar refractivity (Wildman–Crippen MR) is 308 cm³/mol. The van der Waals surface area contributed by atoms with Crippen LogP contribution in [0, 0.1) is 13.8 Å². The first-order chi connectivity index (χ1) is 40.6. The van der Waals surface area contributed by atoms with E-state index in [0.29, 0.717) is 64.9 Å². The fraction of sp³-hybridized carbons (Fsp3) is 0.638. The Labute approximate surface area is 493 Å². The minimum Gasteiger partial charge on any atom is -0.748 e. The van der Waals surface area contributed by atoms with E-state index in [2.05, 4.69) is 5.32 Å². The molecule has 0 aliphatic rings. The number of nitrogens with one attached hydrogen (secondary N) is 1. The number of methoxy groups -OCH3 is 8. The van der Waals surface area contributed by atoms with Crippen LogP contribution in [-0.4, -0.2) is 243 Å². The van der Waals surface area contributed by atoms with Gasteiger partial charge in [-0.25, -0.2) is 13.2 Å². The first-order valence-electron chi connectivity index (χ1n) is 27.6. The molecule has 3 N–H and O–H groups in total. The molecule has 0 unspecified atom stereocenters. The van der Waals surface area contributed by atoms with Crippen LogP contribution in [0.25, 0.3) is 21.8 Å². The summed E-state index contributed by atoms with van der Waals surface area (Å²) in [6, 6.07) is 13.4. The van der Waals surface area contributed by atoms with Crippen molar-refractivity contribution in [2.45, 2.75) is 63.4 Å². The Hall–Kier alpha value is -4.82. The van der Waals surface area contributed by atoms with Crippen molar-refractivity contribution in [1.29, 1.82) is 0 Å². The molecule has 0 aliphatic carbocycles. The number of benzene rings is 3. The van der Waals surface area contributed by atoms with Crippen LogP contribution in [0.5, 0.6) is 17.2 Å². The summed E-state index contributed by atoms with van der Waals surface area (Å²) in [5.74, 6) is -1.06. The maximum Gasteiger partial charge on any atom is 0.345 e. The lowest BCUT2D eigenvalue weighted by molar-refractivity contribution is -0.645. The maximum atomic E-state index is 15.5. The zero-order valence-corrected chi connectivity index (χ0v) is 51.2. The summed E-state index contributed by atoms with van der Waals surface area (Å²) in [6.45, 7) is 7.39. The van der Waals surface area contributed by atoms with E-state index in [9.17, 15) is 17.8 Å². The third kappa shape index (κ3) is 24.9. The molecular formula is C58H89N3O22S. The number of carbonyl (C=O) groups is 2. The van der Waals surface area contributed by atoms with Gasteiger partial charge in [0, 0.05) is 99.8 Å². The molecule has 1 amide bonds. The second-order valence-corrected chi connectivity index (χ2v) is 21.1. The van der Waals surface area contributed by atoms with Crippen LogP contribution in [0.3, 0.4) is 0 Å². The summed E-state index contributed by atoms with van der Waals surface area (Å²) in [4.78, 5) is 28.9. The lowest BCUT2D eigenvalue weighted by atomic mass is 10.0. The first kappa shape index (κ1) is 71.7. The molecular weight excluding hydrogens is 1120 g/mol. The van der Waals surface area contributed by atoms with Crippen molar-refractivity contribution in [2.75, 3.05) is 181 Å². The van der Waals surface area contributed by atoms with E-state index in [1.54, 1.807) is 119 Å². The van der Waals surface area contributed by atoms with Gasteiger partial charge in [0.15, 0.2) is 6.54 Å². The monoisotopic (exact) mass is 1210 g/mol. The highest BCUT2D eigenvalue weighted by Crippen LogP contribution is 2.34. The molecule has 1 heterocycles. The van der Waals surface area contributed by atoms with Crippen LogP contribution in [0.4, 0.5) is 0 Å². The van der Waals surface area contributed by atoms with Crippen LogP contribution in [0.2, 0.25) is 0 Å². The summed E-state index contributed by atoms with van der Waals surface area (Å²) in [5.41, 5.74) is 7.75. The minimum atomic E-state index is -4.63. The van der Waals surface area contributed by atoms with Crippen molar-refractivity contribution in [3.05, 3.63) is 70.8 Å². The van der Waals surface area contributed by atoms with Gasteiger partial charge < -0.3 is 96.1 Å². The van der Waals surface area contributed by atoms with E-state index in [1.807, 2.05) is 4.57 Å². The summed E-state index contributed by atoms with van der Waals surface area (Å²) in [6.07, 6.45) is -3.46. The average Bonchev–Trinajstić information content (AvgIpc) is 2.32. The Bertz CT molecular complexity index is 2470. The molecule has 1 aromatic heterocycles. The van der Waals surface area contributed by atoms with Crippen molar-refractivity contribution < 1.29 is 108 Å². The Morgan fingerprint density at radius 3 is 1.31 bits per heavy atom. The fourth-order valence-corrected chi connectivity index (χ4v) is 9.45. The highest BCUT2D eigenvalue weighted by atomic mass is 32.2. The molecule has 0 aliphatic heterocycles. The molecule has 0 fully saturated rings. The highest BCUT2D eigenvalue weighted by molar-refractivity contribution is 7.85. The van der Waals surface area contributed by atoms with Crippen molar-refractivity contribution in [2.24, 2.45) is 5.73 Å². The molecule has 4 rings (SSSR count). The Morgan fingerprint density at radius 2 is 0.940 bits per heavy atom. The van der Waals surface area contributed by atoms with Gasteiger partial charge in [0.1, 0.15) is 53.9 Å². The number of nitrogens with two attached hydrogens (primary N) is 1. The summed E-state index contributed by atoms with van der Waals surface area (Å²) >= 11 is 0. The topological polar surface area (TPSA) is 290 Å². The van der Waals surface area contributed by atoms with E-state index < -0.39 is 58.5 Å². The van der Waals surface area contributed by atoms with Gasteiger partial charge in [-0.3, -0.25) is 4.79 Å². The number of aromatic nitrogens is 1. The number of amides is 1. The fourth-order valence-electron chi connectivity index (χ4n) is 8.97. The van der Waals surface area contributed by atoms with Gasteiger partial charge >= 0.3 is 5.97 Å². The number of rotatable bonds is 47. The number of carbonyl (C=O) groups excluding carboxylic acids is 2. The number of aryl methyl sites for hydroxylation is 3. The molecule has 4 aromatic rings. The van der Waals surface area contributed by atoms with Gasteiger partial charge in [-0.05, 0) is 61.4 Å². The third-order valence-electron chi connectivity index (χ3n) is 12.6.